The minimum absolute atomic E-state index is 0.0646. The number of carbonyl (C=O) groups is 1. The summed E-state index contributed by atoms with van der Waals surface area (Å²) in [7, 11) is 1.68. The maximum Gasteiger partial charge on any atom is 0.263 e. The van der Waals surface area contributed by atoms with Gasteiger partial charge in [0.25, 0.3) is 5.91 Å². The summed E-state index contributed by atoms with van der Waals surface area (Å²) in [5, 5.41) is 4.60. The smallest absolute Gasteiger partial charge is 0.263 e. The van der Waals surface area contributed by atoms with Crippen LogP contribution in [-0.2, 0) is 16.8 Å². The zero-order valence-electron chi connectivity index (χ0n) is 17.8. The van der Waals surface area contributed by atoms with Gasteiger partial charge in [-0.2, -0.15) is 4.98 Å². The number of halogens is 1. The summed E-state index contributed by atoms with van der Waals surface area (Å²) in [6.45, 7) is 8.37. The Kier molecular flexibility index (Phi) is 6.46. The normalized spacial score (nSPS) is 12.5. The van der Waals surface area contributed by atoms with Crippen LogP contribution in [0.15, 0.2) is 53.1 Å². The molecule has 0 bridgehead atoms. The van der Waals surface area contributed by atoms with Gasteiger partial charge in [-0.1, -0.05) is 49.7 Å². The van der Waals surface area contributed by atoms with Crippen LogP contribution >= 0.6 is 11.6 Å². The number of ether oxygens (including phenoxy) is 1. The van der Waals surface area contributed by atoms with E-state index in [-0.39, 0.29) is 17.9 Å². The zero-order valence-corrected chi connectivity index (χ0v) is 18.6. The lowest BCUT2D eigenvalue weighted by atomic mass is 9.87. The van der Waals surface area contributed by atoms with Gasteiger partial charge in [-0.15, -0.1) is 0 Å². The van der Waals surface area contributed by atoms with Crippen LogP contribution < -0.4 is 4.74 Å². The lowest BCUT2D eigenvalue weighted by Crippen LogP contribution is -2.37. The molecule has 0 saturated heterocycles. The van der Waals surface area contributed by atoms with E-state index in [1.54, 1.807) is 26.1 Å². The van der Waals surface area contributed by atoms with Gasteiger partial charge in [-0.05, 0) is 54.3 Å². The first-order valence-corrected chi connectivity index (χ1v) is 10.1. The molecular weight excluding hydrogens is 402 g/mol. The number of aromatic nitrogens is 2. The minimum atomic E-state index is -0.644. The van der Waals surface area contributed by atoms with E-state index in [1.807, 2.05) is 36.4 Å². The van der Waals surface area contributed by atoms with Crippen molar-refractivity contribution in [2.24, 2.45) is 0 Å². The van der Waals surface area contributed by atoms with Crippen LogP contribution in [0.2, 0.25) is 5.02 Å². The molecule has 0 radical (unpaired) electrons. The number of carbonyl (C=O) groups excluding carboxylic acids is 1. The van der Waals surface area contributed by atoms with Crippen LogP contribution in [0.5, 0.6) is 5.75 Å². The molecule has 0 N–H and O–H groups in total. The van der Waals surface area contributed by atoms with Gasteiger partial charge < -0.3 is 14.2 Å². The molecule has 6 nitrogen and oxygen atoms in total. The van der Waals surface area contributed by atoms with Gasteiger partial charge in [0.05, 0.1) is 6.54 Å². The van der Waals surface area contributed by atoms with Crippen molar-refractivity contribution in [3.8, 4) is 17.1 Å². The average molecular weight is 428 g/mol. The molecule has 2 aromatic carbocycles. The fourth-order valence-electron chi connectivity index (χ4n) is 2.91. The first-order chi connectivity index (χ1) is 14.1. The molecule has 0 unspecified atom stereocenters. The lowest BCUT2D eigenvalue weighted by Gasteiger charge is -2.22. The van der Waals surface area contributed by atoms with Gasteiger partial charge in [0.1, 0.15) is 5.75 Å². The molecule has 0 saturated carbocycles. The second-order valence-corrected chi connectivity index (χ2v) is 8.68. The van der Waals surface area contributed by atoms with E-state index in [2.05, 4.69) is 30.9 Å². The van der Waals surface area contributed by atoms with Crippen molar-refractivity contribution >= 4 is 17.5 Å². The highest BCUT2D eigenvalue weighted by atomic mass is 35.5. The summed E-state index contributed by atoms with van der Waals surface area (Å²) in [6.07, 6.45) is -0.644. The summed E-state index contributed by atoms with van der Waals surface area (Å²) in [5.74, 6) is 1.27. The molecule has 0 spiro atoms. The van der Waals surface area contributed by atoms with E-state index in [4.69, 9.17) is 20.9 Å². The van der Waals surface area contributed by atoms with Gasteiger partial charge in [-0.25, -0.2) is 0 Å². The first kappa shape index (κ1) is 21.8. The Hall–Kier alpha value is -2.86. The van der Waals surface area contributed by atoms with E-state index in [0.717, 1.165) is 5.56 Å². The average Bonchev–Trinajstić information content (AvgIpc) is 3.16. The van der Waals surface area contributed by atoms with E-state index in [0.29, 0.717) is 22.5 Å². The van der Waals surface area contributed by atoms with Crippen LogP contribution in [0.4, 0.5) is 0 Å². The highest BCUT2D eigenvalue weighted by molar-refractivity contribution is 6.30. The third kappa shape index (κ3) is 5.39. The predicted octanol–water partition coefficient (Wildman–Crippen LogP) is 5.11. The molecule has 0 aliphatic rings. The standard InChI is InChI=1S/C23H26ClN3O3/c1-15(29-19-12-8-17(9-13-19)23(2,3)4)22(28)27(5)14-20-25-21(26-30-20)16-6-10-18(24)11-7-16/h6-13,15H,14H2,1-5H3/t15-/m1/s1. The van der Waals surface area contributed by atoms with Crippen LogP contribution in [0.25, 0.3) is 11.4 Å². The molecule has 0 aliphatic carbocycles. The number of nitrogens with zero attached hydrogens (tertiary/aromatic N) is 3. The summed E-state index contributed by atoms with van der Waals surface area (Å²) < 4.78 is 11.1. The van der Waals surface area contributed by atoms with Gasteiger partial charge >= 0.3 is 0 Å². The first-order valence-electron chi connectivity index (χ1n) is 9.74. The molecular formula is C23H26ClN3O3. The van der Waals surface area contributed by atoms with Crippen molar-refractivity contribution in [3.05, 3.63) is 65.0 Å². The maximum atomic E-state index is 12.7. The van der Waals surface area contributed by atoms with Gasteiger partial charge in [0.2, 0.25) is 11.7 Å². The molecule has 1 amide bonds. The van der Waals surface area contributed by atoms with Crippen molar-refractivity contribution in [1.29, 1.82) is 0 Å². The Morgan fingerprint density at radius 3 is 2.37 bits per heavy atom. The third-order valence-corrected chi connectivity index (χ3v) is 4.95. The zero-order chi connectivity index (χ0) is 21.9. The maximum absolute atomic E-state index is 12.7. The molecule has 158 valence electrons. The van der Waals surface area contributed by atoms with Crippen LogP contribution in [0, 0.1) is 0 Å². The number of rotatable bonds is 6. The largest absolute Gasteiger partial charge is 0.481 e. The summed E-state index contributed by atoms with van der Waals surface area (Å²) in [5.41, 5.74) is 2.06. The third-order valence-electron chi connectivity index (χ3n) is 4.70. The van der Waals surface area contributed by atoms with Gasteiger partial charge in [0, 0.05) is 17.6 Å². The van der Waals surface area contributed by atoms with Crippen LogP contribution in [0.1, 0.15) is 39.1 Å². The molecule has 1 heterocycles. The van der Waals surface area contributed by atoms with Crippen LogP contribution in [0.3, 0.4) is 0 Å². The van der Waals surface area contributed by atoms with Crippen molar-refractivity contribution in [2.75, 3.05) is 7.05 Å². The topological polar surface area (TPSA) is 68.5 Å². The second-order valence-electron chi connectivity index (χ2n) is 8.25. The Labute approximate surface area is 181 Å². The molecule has 7 heteroatoms. The summed E-state index contributed by atoms with van der Waals surface area (Å²) >= 11 is 5.90. The SMILES string of the molecule is C[C@@H](Oc1ccc(C(C)(C)C)cc1)C(=O)N(C)Cc1nc(-c2ccc(Cl)cc2)no1. The Morgan fingerprint density at radius 1 is 1.13 bits per heavy atom. The van der Waals surface area contributed by atoms with E-state index in [1.165, 1.54) is 10.5 Å². The number of benzene rings is 2. The minimum Gasteiger partial charge on any atom is -0.481 e. The van der Waals surface area contributed by atoms with Crippen molar-refractivity contribution in [1.82, 2.24) is 15.0 Å². The molecule has 3 rings (SSSR count). The molecule has 30 heavy (non-hydrogen) atoms. The number of likely N-dealkylation sites (N-methyl/N-ethyl adjacent to an activating group) is 1. The molecule has 1 atom stereocenters. The number of amides is 1. The number of hydrogen-bond acceptors (Lipinski definition) is 5. The molecule has 3 aromatic rings. The van der Waals surface area contributed by atoms with E-state index >= 15 is 0 Å². The Balaban J connectivity index is 1.59. The van der Waals surface area contributed by atoms with Crippen molar-refractivity contribution < 1.29 is 14.1 Å². The van der Waals surface area contributed by atoms with Gasteiger partial charge in [-0.3, -0.25) is 4.79 Å². The molecule has 0 aliphatic heterocycles. The molecule has 0 fully saturated rings. The van der Waals surface area contributed by atoms with Crippen LogP contribution in [-0.4, -0.2) is 34.1 Å². The quantitative estimate of drug-likeness (QED) is 0.546. The monoisotopic (exact) mass is 427 g/mol. The summed E-state index contributed by atoms with van der Waals surface area (Å²) in [4.78, 5) is 18.5. The lowest BCUT2D eigenvalue weighted by molar-refractivity contribution is -0.137. The fourth-order valence-corrected chi connectivity index (χ4v) is 3.04. The van der Waals surface area contributed by atoms with E-state index in [9.17, 15) is 4.79 Å². The predicted molar refractivity (Wildman–Crippen MR) is 116 cm³/mol. The summed E-state index contributed by atoms with van der Waals surface area (Å²) in [6, 6.07) is 15.0. The van der Waals surface area contributed by atoms with Crippen molar-refractivity contribution in [3.63, 3.8) is 0 Å². The second kappa shape index (κ2) is 8.88. The number of hydrogen-bond donors (Lipinski definition) is 0. The highest BCUT2D eigenvalue weighted by Gasteiger charge is 2.22. The molecule has 1 aromatic heterocycles. The van der Waals surface area contributed by atoms with Gasteiger partial charge in [0.15, 0.2) is 6.10 Å². The Bertz CT molecular complexity index is 992. The Morgan fingerprint density at radius 2 is 1.77 bits per heavy atom. The van der Waals surface area contributed by atoms with Crippen molar-refractivity contribution in [2.45, 2.75) is 45.8 Å². The fraction of sp³-hybridized carbons (Fsp3) is 0.348. The van der Waals surface area contributed by atoms with E-state index < -0.39 is 6.10 Å². The highest BCUT2D eigenvalue weighted by Crippen LogP contribution is 2.25.